The van der Waals surface area contributed by atoms with Crippen molar-refractivity contribution in [3.63, 3.8) is 0 Å². The number of hydrogen-bond donors (Lipinski definition) is 1. The third-order valence-electron chi connectivity index (χ3n) is 15.4. The van der Waals surface area contributed by atoms with Gasteiger partial charge in [-0.05, 0) is 71.8 Å². The summed E-state index contributed by atoms with van der Waals surface area (Å²) in [6.45, 7) is 11.8. The number of fused-ring (bicyclic) bond motifs is 4. The Labute approximate surface area is 527 Å². The van der Waals surface area contributed by atoms with Gasteiger partial charge >= 0.3 is 0 Å². The van der Waals surface area contributed by atoms with Crippen molar-refractivity contribution in [2.75, 3.05) is 125 Å². The molecule has 4 saturated heterocycles. The maximum Gasteiger partial charge on any atom is 0.260 e. The minimum Gasteiger partial charge on any atom is -0.504 e. The summed E-state index contributed by atoms with van der Waals surface area (Å²) < 4.78 is 45.0. The number of hydrogen-bond acceptors (Lipinski definition) is 20. The van der Waals surface area contributed by atoms with E-state index in [1.807, 2.05) is 114 Å². The lowest BCUT2D eigenvalue weighted by molar-refractivity contribution is 0.122. The number of aromatic hydroxyl groups is 1. The maximum absolute atomic E-state index is 12.5. The fourth-order valence-corrected chi connectivity index (χ4v) is 10.6. The first-order valence-electron chi connectivity index (χ1n) is 30.3. The van der Waals surface area contributed by atoms with E-state index in [1.54, 1.807) is 67.3 Å². The average Bonchev–Trinajstić information content (AvgIpc) is 1.01. The van der Waals surface area contributed by atoms with Crippen LogP contribution in [0.5, 0.6) is 28.7 Å². The smallest absolute Gasteiger partial charge is 0.260 e. The van der Waals surface area contributed by atoms with Gasteiger partial charge in [-0.25, -0.2) is 19.9 Å². The maximum atomic E-state index is 12.5. The van der Waals surface area contributed by atoms with E-state index in [9.17, 15) is 24.3 Å². The molecule has 24 nitrogen and oxygen atoms in total. The largest absolute Gasteiger partial charge is 0.504 e. The molecule has 1 N–H and O–H groups in total. The van der Waals surface area contributed by atoms with Crippen molar-refractivity contribution in [3.8, 4) is 28.7 Å². The lowest BCUT2D eigenvalue weighted by atomic mass is 10.2. The Kier molecular flexibility index (Phi) is 19.9. The molecule has 4 aliphatic heterocycles. The highest BCUT2D eigenvalue weighted by Crippen LogP contribution is 2.27. The van der Waals surface area contributed by atoms with Gasteiger partial charge in [0.1, 0.15) is 42.2 Å². The molecule has 0 saturated carbocycles. The van der Waals surface area contributed by atoms with Crippen molar-refractivity contribution in [2.45, 2.75) is 13.2 Å². The number of nitrogens with zero attached hydrogens (tertiary/aromatic N) is 12. The summed E-state index contributed by atoms with van der Waals surface area (Å²) in [5, 5.41) is 9.75. The monoisotopic (exact) mass is 1240 g/mol. The minimum atomic E-state index is -0.197. The third kappa shape index (κ3) is 15.1. The van der Waals surface area contributed by atoms with E-state index in [0.717, 1.165) is 50.4 Å². The summed E-state index contributed by atoms with van der Waals surface area (Å²) in [5.74, 6) is 5.04. The number of anilines is 4. The molecule has 0 atom stereocenters. The van der Waals surface area contributed by atoms with Crippen LogP contribution < -0.4 is 56.0 Å². The molecular weight excluding hydrogens is 1180 g/mol. The number of para-hydroxylation sites is 1. The van der Waals surface area contributed by atoms with Gasteiger partial charge in [0, 0.05) is 101 Å². The van der Waals surface area contributed by atoms with Gasteiger partial charge in [-0.1, -0.05) is 78.9 Å². The van der Waals surface area contributed by atoms with Gasteiger partial charge in [0.25, 0.3) is 22.2 Å². The molecule has 3 aromatic carbocycles. The second kappa shape index (κ2) is 29.8. The predicted molar refractivity (Wildman–Crippen MR) is 348 cm³/mol. The number of aromatic nitrogens is 8. The van der Waals surface area contributed by atoms with E-state index >= 15 is 0 Å². The normalized spacial score (nSPS) is 15.0. The van der Waals surface area contributed by atoms with Crippen LogP contribution >= 0.6 is 0 Å². The first kappa shape index (κ1) is 61.6. The van der Waals surface area contributed by atoms with Crippen LogP contribution in [0.4, 0.5) is 23.3 Å². The van der Waals surface area contributed by atoms with E-state index in [-0.39, 0.29) is 33.6 Å². The van der Waals surface area contributed by atoms with Crippen molar-refractivity contribution in [2.24, 2.45) is 0 Å². The Morgan fingerprint density at radius 1 is 0.348 bits per heavy atom. The topological polar surface area (TPSA) is 235 Å². The summed E-state index contributed by atoms with van der Waals surface area (Å²) >= 11 is 0. The van der Waals surface area contributed by atoms with Crippen LogP contribution in [0.25, 0.3) is 22.6 Å². The molecule has 0 amide bonds. The van der Waals surface area contributed by atoms with Crippen molar-refractivity contribution >= 4 is 45.9 Å². The molecule has 4 aliphatic rings. The molecule has 0 spiro atoms. The highest BCUT2D eigenvalue weighted by molar-refractivity contribution is 5.61. The van der Waals surface area contributed by atoms with Crippen LogP contribution in [0.3, 0.4) is 0 Å². The van der Waals surface area contributed by atoms with Gasteiger partial charge in [0.15, 0.2) is 45.6 Å². The predicted octanol–water partition coefficient (Wildman–Crippen LogP) is 6.78. The summed E-state index contributed by atoms with van der Waals surface area (Å²) in [5.41, 5.74) is 3.44. The molecule has 0 unspecified atom stereocenters. The number of benzene rings is 3. The lowest BCUT2D eigenvalue weighted by Crippen LogP contribution is -2.37. The lowest BCUT2D eigenvalue weighted by Gasteiger charge is -2.27. The minimum absolute atomic E-state index is 0.00436. The van der Waals surface area contributed by atoms with Gasteiger partial charge in [-0.3, -0.25) is 36.8 Å². The van der Waals surface area contributed by atoms with E-state index < -0.39 is 0 Å². The van der Waals surface area contributed by atoms with Crippen LogP contribution in [0.2, 0.25) is 0 Å². The Hall–Kier alpha value is -10.7. The first-order chi connectivity index (χ1) is 45.2. The first-order valence-corrected chi connectivity index (χ1v) is 30.3. The molecule has 24 heteroatoms. The van der Waals surface area contributed by atoms with Crippen LogP contribution in [0, 0.1) is 0 Å². The molecular formula is C68H68N12O12. The Morgan fingerprint density at radius 2 is 0.641 bits per heavy atom. The van der Waals surface area contributed by atoms with Crippen molar-refractivity contribution in [3.05, 3.63) is 241 Å². The van der Waals surface area contributed by atoms with Gasteiger partial charge in [0.2, 0.25) is 0 Å². The van der Waals surface area contributed by atoms with E-state index in [2.05, 4.69) is 34.6 Å². The van der Waals surface area contributed by atoms with Gasteiger partial charge < -0.3 is 57.9 Å². The van der Waals surface area contributed by atoms with Crippen molar-refractivity contribution in [1.29, 1.82) is 0 Å². The molecule has 11 aromatic rings. The van der Waals surface area contributed by atoms with E-state index in [1.165, 1.54) is 29.7 Å². The molecule has 4 fully saturated rings. The quantitative estimate of drug-likeness (QED) is 0.133. The standard InChI is InChI=1S/2C19H19N3O3.C18H17N3O3.C12H13N3O3/c2*23-18-13-17(21-9-11-24-12-10-21)20-19-16(7-4-8-22(18)19)25-14-15-5-2-1-3-6-15;22-17-13-16(20-9-11-23-12-10-20)19-18-15(7-4-8-21(17)18)24-14-5-2-1-3-6-14;16-9-2-1-3-15-11(17)8-10(13-12(9)15)14-4-6-18-7-5-14/h2*1-8,13H,9-12,14H2;1-8,13H,9-12H2;1-3,8,16H,4-7H2. The highest BCUT2D eigenvalue weighted by Gasteiger charge is 2.21. The molecule has 8 aromatic heterocycles. The molecule has 0 radical (unpaired) electrons. The average molecular weight is 1250 g/mol. The molecule has 92 heavy (non-hydrogen) atoms. The fourth-order valence-electron chi connectivity index (χ4n) is 10.6. The fraction of sp³-hybridized carbons (Fsp3) is 0.265. The molecule has 12 heterocycles. The SMILES string of the molecule is O=c1cc(N2CCOCC2)nc2c(O)cccn12.O=c1cc(N2CCOCC2)nc2c(OCc3ccccc3)cccn12.O=c1cc(N2CCOCC2)nc2c(OCc3ccccc3)cccn12.O=c1cc(N2CCOCC2)nc2c(Oc3ccccc3)cccn12. The van der Waals surface area contributed by atoms with Crippen LogP contribution in [0.15, 0.2) is 208 Å². The number of morpholine rings is 4. The zero-order chi connectivity index (χ0) is 63.0. The Bertz CT molecular complexity index is 4360. The number of ether oxygens (including phenoxy) is 7. The molecule has 472 valence electrons. The van der Waals surface area contributed by atoms with Crippen molar-refractivity contribution < 1.29 is 38.3 Å². The van der Waals surface area contributed by atoms with Gasteiger partial charge in [0.05, 0.1) is 52.9 Å². The Morgan fingerprint density at radius 3 is 1.00 bits per heavy atom. The highest BCUT2D eigenvalue weighted by atomic mass is 16.5. The molecule has 15 rings (SSSR count). The van der Waals surface area contributed by atoms with Gasteiger partial charge in [-0.15, -0.1) is 0 Å². The number of rotatable bonds is 12. The van der Waals surface area contributed by atoms with Gasteiger partial charge in [-0.2, -0.15) is 0 Å². The number of pyridine rings is 4. The Balaban J connectivity index is 0.000000119. The molecule has 0 bridgehead atoms. The molecule has 0 aliphatic carbocycles. The summed E-state index contributed by atoms with van der Waals surface area (Å²) in [6, 6.07) is 49.5. The third-order valence-corrected chi connectivity index (χ3v) is 15.4. The van der Waals surface area contributed by atoms with Crippen LogP contribution in [0.1, 0.15) is 11.1 Å². The summed E-state index contributed by atoms with van der Waals surface area (Å²) in [6.07, 6.45) is 6.71. The van der Waals surface area contributed by atoms with Crippen molar-refractivity contribution in [1.82, 2.24) is 37.5 Å². The van der Waals surface area contributed by atoms with E-state index in [4.69, 9.17) is 33.2 Å². The summed E-state index contributed by atoms with van der Waals surface area (Å²) in [4.78, 5) is 75.9. The zero-order valence-corrected chi connectivity index (χ0v) is 50.4. The van der Waals surface area contributed by atoms with Crippen LogP contribution in [-0.4, -0.2) is 148 Å². The summed E-state index contributed by atoms with van der Waals surface area (Å²) in [7, 11) is 0. The zero-order valence-electron chi connectivity index (χ0n) is 50.4. The second-order valence-corrected chi connectivity index (χ2v) is 21.5. The van der Waals surface area contributed by atoms with Crippen LogP contribution in [-0.2, 0) is 32.2 Å². The van der Waals surface area contributed by atoms with E-state index in [0.29, 0.717) is 142 Å². The second-order valence-electron chi connectivity index (χ2n) is 21.5.